The number of nitriles is 1. The van der Waals surface area contributed by atoms with Crippen LogP contribution >= 0.6 is 0 Å². The fourth-order valence-electron chi connectivity index (χ4n) is 1.60. The summed E-state index contributed by atoms with van der Waals surface area (Å²) in [5.74, 6) is 0. The van der Waals surface area contributed by atoms with Crippen molar-refractivity contribution in [3.8, 4) is 6.07 Å². The summed E-state index contributed by atoms with van der Waals surface area (Å²) in [7, 11) is -1.48. The summed E-state index contributed by atoms with van der Waals surface area (Å²) < 4.78 is 0. The van der Waals surface area contributed by atoms with Gasteiger partial charge in [-0.25, -0.2) is 0 Å². The minimum atomic E-state index is -1.48. The van der Waals surface area contributed by atoms with Crippen molar-refractivity contribution >= 4 is 23.4 Å². The van der Waals surface area contributed by atoms with E-state index in [4.69, 9.17) is 15.3 Å². The molecule has 0 radical (unpaired) electrons. The molecular formula is C11H8BNO2. The van der Waals surface area contributed by atoms with Crippen LogP contribution in [-0.2, 0) is 0 Å². The standard InChI is InChI=1S/C11H8BNO2/c13-7-8-4-5-10-9(6-8)2-1-3-11(10)12(14)15/h1-6,14-15H. The molecule has 0 atom stereocenters. The van der Waals surface area contributed by atoms with Crippen LogP contribution < -0.4 is 5.46 Å². The fourth-order valence-corrected chi connectivity index (χ4v) is 1.60. The molecule has 0 aliphatic heterocycles. The topological polar surface area (TPSA) is 64.2 Å². The van der Waals surface area contributed by atoms with Crippen LogP contribution in [-0.4, -0.2) is 17.2 Å². The van der Waals surface area contributed by atoms with Gasteiger partial charge < -0.3 is 10.0 Å². The Balaban J connectivity index is 2.73. The molecule has 2 aromatic carbocycles. The van der Waals surface area contributed by atoms with E-state index in [0.717, 1.165) is 10.8 Å². The van der Waals surface area contributed by atoms with Crippen molar-refractivity contribution in [3.63, 3.8) is 0 Å². The molecule has 4 heteroatoms. The van der Waals surface area contributed by atoms with Crippen molar-refractivity contribution in [2.45, 2.75) is 0 Å². The Morgan fingerprint density at radius 1 is 1.13 bits per heavy atom. The Hall–Kier alpha value is -1.83. The molecule has 0 saturated carbocycles. The molecule has 72 valence electrons. The van der Waals surface area contributed by atoms with E-state index >= 15 is 0 Å². The highest BCUT2D eigenvalue weighted by Gasteiger charge is 2.13. The third-order valence-electron chi connectivity index (χ3n) is 2.32. The first kappa shape index (κ1) is 9.72. The van der Waals surface area contributed by atoms with E-state index in [1.54, 1.807) is 30.3 Å². The van der Waals surface area contributed by atoms with Gasteiger partial charge in [-0.1, -0.05) is 24.3 Å². The van der Waals surface area contributed by atoms with E-state index < -0.39 is 7.12 Å². The van der Waals surface area contributed by atoms with Gasteiger partial charge in [0.2, 0.25) is 0 Å². The van der Waals surface area contributed by atoms with Crippen molar-refractivity contribution in [2.75, 3.05) is 0 Å². The zero-order chi connectivity index (χ0) is 10.8. The van der Waals surface area contributed by atoms with Gasteiger partial charge in [0.1, 0.15) is 0 Å². The first-order valence-electron chi connectivity index (χ1n) is 4.51. The van der Waals surface area contributed by atoms with E-state index in [1.165, 1.54) is 0 Å². The van der Waals surface area contributed by atoms with Crippen LogP contribution in [0.3, 0.4) is 0 Å². The zero-order valence-electron chi connectivity index (χ0n) is 7.88. The summed E-state index contributed by atoms with van der Waals surface area (Å²) in [5.41, 5.74) is 1.02. The molecule has 0 bridgehead atoms. The summed E-state index contributed by atoms with van der Waals surface area (Å²) in [5, 5.41) is 28.6. The molecule has 0 spiro atoms. The highest BCUT2D eigenvalue weighted by molar-refractivity contribution is 6.61. The molecule has 0 heterocycles. The second-order valence-electron chi connectivity index (χ2n) is 3.27. The first-order valence-corrected chi connectivity index (χ1v) is 4.51. The number of nitrogens with zero attached hydrogens (tertiary/aromatic N) is 1. The molecule has 15 heavy (non-hydrogen) atoms. The lowest BCUT2D eigenvalue weighted by Crippen LogP contribution is -2.30. The van der Waals surface area contributed by atoms with E-state index in [1.807, 2.05) is 12.1 Å². The third kappa shape index (κ3) is 1.71. The minimum absolute atomic E-state index is 0.456. The van der Waals surface area contributed by atoms with Crippen LogP contribution in [0.1, 0.15) is 5.56 Å². The molecule has 2 aromatic rings. The maximum atomic E-state index is 9.14. The predicted molar refractivity (Wildman–Crippen MR) is 58.5 cm³/mol. The van der Waals surface area contributed by atoms with Crippen molar-refractivity contribution in [1.82, 2.24) is 0 Å². The van der Waals surface area contributed by atoms with Gasteiger partial charge in [-0.2, -0.15) is 5.26 Å². The Labute approximate surface area is 87.4 Å². The summed E-state index contributed by atoms with van der Waals surface area (Å²) in [6.45, 7) is 0. The van der Waals surface area contributed by atoms with Gasteiger partial charge >= 0.3 is 7.12 Å². The number of hydrogen-bond donors (Lipinski definition) is 2. The molecule has 0 fully saturated rings. The number of benzene rings is 2. The average Bonchev–Trinajstić information content (AvgIpc) is 2.27. The maximum Gasteiger partial charge on any atom is 0.489 e. The Bertz CT molecular complexity index is 546. The van der Waals surface area contributed by atoms with Gasteiger partial charge in [0.25, 0.3) is 0 Å². The van der Waals surface area contributed by atoms with Crippen LogP contribution in [0, 0.1) is 11.3 Å². The average molecular weight is 197 g/mol. The molecule has 0 saturated heterocycles. The molecule has 0 aliphatic rings. The van der Waals surface area contributed by atoms with E-state index in [2.05, 4.69) is 0 Å². The summed E-state index contributed by atoms with van der Waals surface area (Å²) in [6.07, 6.45) is 0. The maximum absolute atomic E-state index is 9.14. The largest absolute Gasteiger partial charge is 0.489 e. The van der Waals surface area contributed by atoms with Gasteiger partial charge in [0, 0.05) is 0 Å². The van der Waals surface area contributed by atoms with Crippen LogP contribution in [0.2, 0.25) is 0 Å². The molecule has 0 aromatic heterocycles. The molecule has 2 rings (SSSR count). The molecule has 2 N–H and O–H groups in total. The number of rotatable bonds is 1. The van der Waals surface area contributed by atoms with Gasteiger partial charge in [0.15, 0.2) is 0 Å². The normalized spacial score (nSPS) is 9.93. The molecular weight excluding hydrogens is 189 g/mol. The lowest BCUT2D eigenvalue weighted by molar-refractivity contribution is 0.426. The molecule has 0 aliphatic carbocycles. The Morgan fingerprint density at radius 3 is 2.60 bits per heavy atom. The van der Waals surface area contributed by atoms with Crippen molar-refractivity contribution in [1.29, 1.82) is 5.26 Å². The first-order chi connectivity index (χ1) is 7.22. The second-order valence-corrected chi connectivity index (χ2v) is 3.27. The van der Waals surface area contributed by atoms with Crippen molar-refractivity contribution in [2.24, 2.45) is 0 Å². The quantitative estimate of drug-likeness (QED) is 0.650. The number of hydrogen-bond acceptors (Lipinski definition) is 3. The van der Waals surface area contributed by atoms with E-state index in [9.17, 15) is 0 Å². The van der Waals surface area contributed by atoms with Crippen molar-refractivity contribution in [3.05, 3.63) is 42.0 Å². The smallest absolute Gasteiger partial charge is 0.423 e. The van der Waals surface area contributed by atoms with Gasteiger partial charge in [-0.05, 0) is 28.4 Å². The van der Waals surface area contributed by atoms with Crippen LogP contribution in [0.15, 0.2) is 36.4 Å². The van der Waals surface area contributed by atoms with Crippen LogP contribution in [0.5, 0.6) is 0 Å². The highest BCUT2D eigenvalue weighted by atomic mass is 16.4. The van der Waals surface area contributed by atoms with Gasteiger partial charge in [-0.15, -0.1) is 0 Å². The zero-order valence-corrected chi connectivity index (χ0v) is 7.88. The second kappa shape index (κ2) is 3.74. The van der Waals surface area contributed by atoms with E-state index in [-0.39, 0.29) is 0 Å². The lowest BCUT2D eigenvalue weighted by Gasteiger charge is -2.05. The van der Waals surface area contributed by atoms with Crippen LogP contribution in [0.4, 0.5) is 0 Å². The number of fused-ring (bicyclic) bond motifs is 1. The Morgan fingerprint density at radius 2 is 1.93 bits per heavy atom. The minimum Gasteiger partial charge on any atom is -0.423 e. The summed E-state index contributed by atoms with van der Waals surface area (Å²) in [6, 6.07) is 12.4. The predicted octanol–water partition coefficient (Wildman–Crippen LogP) is 0.391. The van der Waals surface area contributed by atoms with Crippen molar-refractivity contribution < 1.29 is 10.0 Å². The molecule has 0 unspecified atom stereocenters. The molecule has 3 nitrogen and oxygen atoms in total. The monoisotopic (exact) mass is 197 g/mol. The fraction of sp³-hybridized carbons (Fsp3) is 0. The van der Waals surface area contributed by atoms with Crippen LogP contribution in [0.25, 0.3) is 10.8 Å². The summed E-state index contributed by atoms with van der Waals surface area (Å²) in [4.78, 5) is 0. The molecule has 0 amide bonds. The van der Waals surface area contributed by atoms with Gasteiger partial charge in [0.05, 0.1) is 11.6 Å². The SMILES string of the molecule is N#Cc1ccc2c(B(O)O)cccc2c1. The highest BCUT2D eigenvalue weighted by Crippen LogP contribution is 2.13. The van der Waals surface area contributed by atoms with Gasteiger partial charge in [-0.3, -0.25) is 0 Å². The van der Waals surface area contributed by atoms with E-state index in [0.29, 0.717) is 11.0 Å². The lowest BCUT2D eigenvalue weighted by atomic mass is 9.77. The Kier molecular flexibility index (Phi) is 2.42. The summed E-state index contributed by atoms with van der Waals surface area (Å²) >= 11 is 0. The third-order valence-corrected chi connectivity index (χ3v) is 2.32.